The van der Waals surface area contributed by atoms with Gasteiger partial charge in [-0.3, -0.25) is 0 Å². The molecular formula is H12ClCrO6. The fourth-order valence-electron chi connectivity index (χ4n) is 0. The topological polar surface area (TPSA) is 189 Å². The van der Waals surface area contributed by atoms with Crippen molar-refractivity contribution >= 4 is 0 Å². The molecule has 0 unspecified atom stereocenters. The van der Waals surface area contributed by atoms with Crippen molar-refractivity contribution in [1.82, 2.24) is 0 Å². The van der Waals surface area contributed by atoms with Gasteiger partial charge in [0.15, 0.2) is 0 Å². The molecule has 0 aliphatic heterocycles. The molecule has 0 amide bonds. The molecule has 0 saturated carbocycles. The Bertz CT molecular complexity index is 8.49. The van der Waals surface area contributed by atoms with Crippen molar-refractivity contribution in [2.75, 3.05) is 0 Å². The van der Waals surface area contributed by atoms with Gasteiger partial charge in [-0.2, -0.15) is 0 Å². The monoisotopic (exact) mass is 195 g/mol. The first kappa shape index (κ1) is 1450. The molecule has 0 aliphatic carbocycles. The van der Waals surface area contributed by atoms with E-state index in [1.807, 2.05) is 0 Å². The quantitative estimate of drug-likeness (QED) is 0.355. The summed E-state index contributed by atoms with van der Waals surface area (Å²) in [6.07, 6.45) is 0. The minimum absolute atomic E-state index is 0. The van der Waals surface area contributed by atoms with Crippen LogP contribution in [-0.2, 0) is 17.4 Å². The van der Waals surface area contributed by atoms with E-state index in [4.69, 9.17) is 0 Å². The molecule has 0 bridgehead atoms. The second-order valence-corrected chi connectivity index (χ2v) is 0. The normalized spacial score (nSPS) is 0. The summed E-state index contributed by atoms with van der Waals surface area (Å²) in [6.45, 7) is 0. The van der Waals surface area contributed by atoms with Gasteiger partial charge in [0.05, 0.1) is 0 Å². The summed E-state index contributed by atoms with van der Waals surface area (Å²) in [5.74, 6) is 0. The van der Waals surface area contributed by atoms with Crippen LogP contribution >= 0.6 is 0 Å². The minimum Gasteiger partial charge on any atom is -1.00 e. The van der Waals surface area contributed by atoms with Crippen LogP contribution in [0.25, 0.3) is 0 Å². The van der Waals surface area contributed by atoms with E-state index in [-0.39, 0.29) is 62.6 Å². The first-order valence-corrected chi connectivity index (χ1v) is 0. The zero-order valence-corrected chi connectivity index (χ0v) is 5.82. The molecule has 1 radical (unpaired) electrons. The third-order valence-corrected chi connectivity index (χ3v) is 0. The third kappa shape index (κ3) is 605. The summed E-state index contributed by atoms with van der Waals surface area (Å²) in [6, 6.07) is 0. The van der Waals surface area contributed by atoms with Crippen molar-refractivity contribution in [2.24, 2.45) is 0 Å². The summed E-state index contributed by atoms with van der Waals surface area (Å²) < 4.78 is 0. The van der Waals surface area contributed by atoms with Crippen LogP contribution < -0.4 is 12.4 Å². The van der Waals surface area contributed by atoms with Gasteiger partial charge in [0.1, 0.15) is 0 Å². The molecule has 0 fully saturated rings. The van der Waals surface area contributed by atoms with Crippen molar-refractivity contribution in [1.29, 1.82) is 0 Å². The number of hydrogen-bond donors (Lipinski definition) is 0. The van der Waals surface area contributed by atoms with Crippen LogP contribution in [0.1, 0.15) is 0 Å². The minimum atomic E-state index is 0. The Labute approximate surface area is 63.3 Å². The standard InChI is InChI=1S/ClH.Cr.6H2O/h1H;;6*1H2/q;+1;;;;;;/p-1. The molecule has 0 aromatic rings. The average Bonchev–Trinajstić information content (AvgIpc) is 0. The Morgan fingerprint density at radius 3 is 0.375 bits per heavy atom. The predicted octanol–water partition coefficient (Wildman–Crippen LogP) is -7.95. The van der Waals surface area contributed by atoms with Gasteiger partial charge >= 0.3 is 17.4 Å². The van der Waals surface area contributed by atoms with Crippen molar-refractivity contribution in [3.8, 4) is 0 Å². The van der Waals surface area contributed by atoms with Crippen LogP contribution in [0.15, 0.2) is 0 Å². The van der Waals surface area contributed by atoms with Crippen molar-refractivity contribution in [3.63, 3.8) is 0 Å². The second-order valence-electron chi connectivity index (χ2n) is 0. The Morgan fingerprint density at radius 2 is 0.375 bits per heavy atom. The maximum absolute atomic E-state index is 0. The molecule has 0 spiro atoms. The molecule has 0 atom stereocenters. The molecule has 0 aromatic carbocycles. The van der Waals surface area contributed by atoms with E-state index in [1.165, 1.54) is 0 Å². The molecule has 0 saturated heterocycles. The fraction of sp³-hybridized carbons (Fsp3) is 0. The van der Waals surface area contributed by atoms with Crippen LogP contribution in [0, 0.1) is 0 Å². The fourth-order valence-corrected chi connectivity index (χ4v) is 0. The summed E-state index contributed by atoms with van der Waals surface area (Å²) in [5, 5.41) is 0. The number of hydrogen-bond acceptors (Lipinski definition) is 0. The van der Waals surface area contributed by atoms with Gasteiger partial charge in [-0.15, -0.1) is 0 Å². The zero-order chi connectivity index (χ0) is 0. The van der Waals surface area contributed by atoms with E-state index in [2.05, 4.69) is 0 Å². The zero-order valence-electron chi connectivity index (χ0n) is 3.79. The molecule has 12 N–H and O–H groups in total. The second kappa shape index (κ2) is 968. The summed E-state index contributed by atoms with van der Waals surface area (Å²) in [5.41, 5.74) is 0. The molecule has 0 heterocycles. The molecule has 0 rings (SSSR count). The summed E-state index contributed by atoms with van der Waals surface area (Å²) >= 11 is 0. The summed E-state index contributed by atoms with van der Waals surface area (Å²) in [7, 11) is 0. The smallest absolute Gasteiger partial charge is 1.00 e. The van der Waals surface area contributed by atoms with E-state index in [1.54, 1.807) is 0 Å². The maximum Gasteiger partial charge on any atom is 1.00 e. The van der Waals surface area contributed by atoms with E-state index < -0.39 is 0 Å². The Hall–Kier alpha value is 0.582. The van der Waals surface area contributed by atoms with E-state index in [0.29, 0.717) is 0 Å². The Balaban J connectivity index is 0. The van der Waals surface area contributed by atoms with Gasteiger partial charge in [-0.05, 0) is 0 Å². The van der Waals surface area contributed by atoms with Crippen LogP contribution in [-0.4, -0.2) is 32.9 Å². The van der Waals surface area contributed by atoms with Crippen LogP contribution in [0.5, 0.6) is 0 Å². The molecule has 8 heteroatoms. The average molecular weight is 196 g/mol. The van der Waals surface area contributed by atoms with E-state index >= 15 is 0 Å². The molecule has 8 heavy (non-hydrogen) atoms. The Kier molecular flexibility index (Phi) is 176000. The first-order chi connectivity index (χ1) is 0. The number of rotatable bonds is 0. The molecule has 0 aliphatic rings. The van der Waals surface area contributed by atoms with Gasteiger partial charge in [0, 0.05) is 0 Å². The van der Waals surface area contributed by atoms with Gasteiger partial charge < -0.3 is 45.3 Å². The molecular weight excluding hydrogens is 183 g/mol. The van der Waals surface area contributed by atoms with Gasteiger partial charge in [0.25, 0.3) is 0 Å². The predicted molar refractivity (Wildman–Crippen MR) is 21.7 cm³/mol. The van der Waals surface area contributed by atoms with E-state index in [9.17, 15) is 0 Å². The SMILES string of the molecule is O.O.O.O.O.O.[Cl-].[Cr+]. The maximum atomic E-state index is 0. The van der Waals surface area contributed by atoms with Gasteiger partial charge in [-0.1, -0.05) is 0 Å². The number of halogens is 1. The van der Waals surface area contributed by atoms with Crippen LogP contribution in [0.4, 0.5) is 0 Å². The largest absolute Gasteiger partial charge is 1.00 e. The molecule has 0 aromatic heterocycles. The van der Waals surface area contributed by atoms with Crippen molar-refractivity contribution in [2.45, 2.75) is 0 Å². The van der Waals surface area contributed by atoms with Crippen LogP contribution in [0.2, 0.25) is 0 Å². The third-order valence-electron chi connectivity index (χ3n) is 0. The first-order valence-electron chi connectivity index (χ1n) is 0. The van der Waals surface area contributed by atoms with E-state index in [0.717, 1.165) is 0 Å². The molecule has 6 nitrogen and oxygen atoms in total. The van der Waals surface area contributed by atoms with Crippen LogP contribution in [0.3, 0.4) is 0 Å². The van der Waals surface area contributed by atoms with Crippen molar-refractivity contribution in [3.05, 3.63) is 0 Å². The van der Waals surface area contributed by atoms with Gasteiger partial charge in [-0.25, -0.2) is 0 Å². The Morgan fingerprint density at radius 1 is 0.375 bits per heavy atom. The van der Waals surface area contributed by atoms with Gasteiger partial charge in [0.2, 0.25) is 0 Å². The van der Waals surface area contributed by atoms with Crippen molar-refractivity contribution < 1.29 is 62.6 Å². The molecule has 61 valence electrons. The summed E-state index contributed by atoms with van der Waals surface area (Å²) in [4.78, 5) is 0.